The molecule has 0 unspecified atom stereocenters. The van der Waals surface area contributed by atoms with Crippen LogP contribution in [0.25, 0.3) is 0 Å². The molecule has 0 rings (SSSR count). The normalized spacial score (nSPS) is 12.6. The van der Waals surface area contributed by atoms with Crippen molar-refractivity contribution in [2.75, 3.05) is 13.1 Å². The van der Waals surface area contributed by atoms with Crippen LogP contribution in [0.1, 0.15) is 78.1 Å². The topological polar surface area (TPSA) is 52.1 Å². The third kappa shape index (κ3) is 10.4. The fourth-order valence-electron chi connectivity index (χ4n) is 1.92. The van der Waals surface area contributed by atoms with Crippen molar-refractivity contribution in [1.29, 1.82) is 0 Å². The molecular formula is C14H30N2O2. The van der Waals surface area contributed by atoms with Crippen molar-refractivity contribution in [3.05, 3.63) is 10.4 Å². The minimum Gasteiger partial charge on any atom is -0.567 e. The molecule has 4 heteroatoms. The summed E-state index contributed by atoms with van der Waals surface area (Å²) in [5, 5.41) is 22.9. The Labute approximate surface area is 112 Å². The first kappa shape index (κ1) is 17.2. The highest BCUT2D eigenvalue weighted by molar-refractivity contribution is 4.41. The summed E-state index contributed by atoms with van der Waals surface area (Å²) in [7, 11) is 0. The van der Waals surface area contributed by atoms with E-state index in [0.29, 0.717) is 22.8 Å². The summed E-state index contributed by atoms with van der Waals surface area (Å²) >= 11 is 0. The van der Waals surface area contributed by atoms with Gasteiger partial charge >= 0.3 is 0 Å². The summed E-state index contributed by atoms with van der Waals surface area (Å²) in [6.07, 6.45) is 10.9. The molecule has 0 spiro atoms. The second-order valence-electron chi connectivity index (χ2n) is 4.98. The molecule has 0 saturated carbocycles. The van der Waals surface area contributed by atoms with Crippen LogP contribution in [-0.4, -0.2) is 22.8 Å². The Kier molecular flexibility index (Phi) is 12.1. The third-order valence-electron chi connectivity index (χ3n) is 3.15. The molecule has 0 aliphatic carbocycles. The highest BCUT2D eigenvalue weighted by Gasteiger charge is 2.06. The molecule has 18 heavy (non-hydrogen) atoms. The predicted molar refractivity (Wildman–Crippen MR) is 74.5 cm³/mol. The van der Waals surface area contributed by atoms with Gasteiger partial charge in [0.25, 0.3) is 0 Å². The Morgan fingerprint density at radius 2 is 0.889 bits per heavy atom. The van der Waals surface area contributed by atoms with Crippen LogP contribution < -0.4 is 0 Å². The first-order chi connectivity index (χ1) is 8.72. The van der Waals surface area contributed by atoms with Crippen molar-refractivity contribution in [3.8, 4) is 0 Å². The van der Waals surface area contributed by atoms with Crippen LogP contribution in [0.4, 0.5) is 0 Å². The van der Waals surface area contributed by atoms with Crippen molar-refractivity contribution < 1.29 is 9.72 Å². The number of hydrogen-bond donors (Lipinski definition) is 0. The van der Waals surface area contributed by atoms with Crippen LogP contribution >= 0.6 is 0 Å². The van der Waals surface area contributed by atoms with Gasteiger partial charge in [-0.2, -0.15) is 0 Å². The van der Waals surface area contributed by atoms with E-state index in [1.165, 1.54) is 38.5 Å². The molecule has 0 aliphatic heterocycles. The van der Waals surface area contributed by atoms with Crippen molar-refractivity contribution >= 4 is 0 Å². The van der Waals surface area contributed by atoms with Gasteiger partial charge in [-0.1, -0.05) is 52.4 Å². The number of hydroxylamine groups is 2. The number of unbranched alkanes of at least 4 members (excludes halogenated alkanes) is 8. The summed E-state index contributed by atoms with van der Waals surface area (Å²) in [5.74, 6) is 0. The monoisotopic (exact) mass is 258 g/mol. The number of azo groups is 1. The Balaban J connectivity index is 3.56. The second kappa shape index (κ2) is 12.7. The van der Waals surface area contributed by atoms with Gasteiger partial charge in [0, 0.05) is 22.6 Å². The zero-order chi connectivity index (χ0) is 13.6. The summed E-state index contributed by atoms with van der Waals surface area (Å²) in [5.41, 5.74) is 0. The van der Waals surface area contributed by atoms with E-state index < -0.39 is 0 Å². The maximum absolute atomic E-state index is 11.4. The van der Waals surface area contributed by atoms with Crippen molar-refractivity contribution in [2.45, 2.75) is 78.1 Å². The standard InChI is InChI=1S/C14H30N2O2/c1-3-5-7-9-11-13-15(17)16(18)14-12-10-8-6-4-2/h3-14H2,1-2H3/b16-15+. The lowest BCUT2D eigenvalue weighted by Crippen LogP contribution is -2.19. The Hall–Kier alpha value is -0.800. The first-order valence-electron chi connectivity index (χ1n) is 7.61. The number of rotatable bonds is 12. The molecule has 0 aromatic heterocycles. The van der Waals surface area contributed by atoms with Crippen LogP contribution in [0.5, 0.6) is 0 Å². The molecule has 0 atom stereocenters. The summed E-state index contributed by atoms with van der Waals surface area (Å²) in [4.78, 5) is 1.18. The van der Waals surface area contributed by atoms with Gasteiger partial charge in [0.1, 0.15) is 0 Å². The lowest BCUT2D eigenvalue weighted by atomic mass is 10.1. The maximum Gasteiger partial charge on any atom is 0.220 e. The van der Waals surface area contributed by atoms with E-state index in [2.05, 4.69) is 13.8 Å². The highest BCUT2D eigenvalue weighted by atomic mass is 16.6. The molecule has 0 saturated heterocycles. The molecule has 0 heterocycles. The number of nitrogens with zero attached hydrogens (tertiary/aromatic N) is 2. The molecule has 108 valence electrons. The van der Waals surface area contributed by atoms with E-state index in [4.69, 9.17) is 0 Å². The molecular weight excluding hydrogens is 228 g/mol. The average Bonchev–Trinajstić information content (AvgIpc) is 2.37. The molecule has 0 N–H and O–H groups in total. The molecule has 4 nitrogen and oxygen atoms in total. The van der Waals surface area contributed by atoms with Crippen LogP contribution in [-0.2, 0) is 0 Å². The molecule has 0 amide bonds. The predicted octanol–water partition coefficient (Wildman–Crippen LogP) is 4.40. The van der Waals surface area contributed by atoms with Crippen molar-refractivity contribution in [2.24, 2.45) is 0 Å². The van der Waals surface area contributed by atoms with E-state index in [1.54, 1.807) is 0 Å². The SMILES string of the molecule is CCCCCCC/[N+]([O-])=[N+](\[O-])CCCCCCC. The fourth-order valence-corrected chi connectivity index (χ4v) is 1.92. The van der Waals surface area contributed by atoms with E-state index in [1.807, 2.05) is 0 Å². The van der Waals surface area contributed by atoms with E-state index >= 15 is 0 Å². The molecule has 0 aromatic carbocycles. The molecule has 0 aliphatic rings. The largest absolute Gasteiger partial charge is 0.567 e. The van der Waals surface area contributed by atoms with E-state index in [0.717, 1.165) is 25.7 Å². The third-order valence-corrected chi connectivity index (χ3v) is 3.15. The Bertz CT molecular complexity index is 196. The van der Waals surface area contributed by atoms with Crippen LogP contribution in [0.2, 0.25) is 0 Å². The van der Waals surface area contributed by atoms with Gasteiger partial charge in [0.2, 0.25) is 13.1 Å². The van der Waals surface area contributed by atoms with Gasteiger partial charge in [-0.25, -0.2) is 0 Å². The molecule has 0 aromatic rings. The molecule has 0 fully saturated rings. The summed E-state index contributed by atoms with van der Waals surface area (Å²) < 4.78 is 0. The van der Waals surface area contributed by atoms with Crippen LogP contribution in [0.3, 0.4) is 0 Å². The quantitative estimate of drug-likeness (QED) is 0.225. The minimum atomic E-state index is 0.349. The van der Waals surface area contributed by atoms with Gasteiger partial charge < -0.3 is 10.4 Å². The fraction of sp³-hybridized carbons (Fsp3) is 1.00. The lowest BCUT2D eigenvalue weighted by Gasteiger charge is -2.04. The van der Waals surface area contributed by atoms with Crippen LogP contribution in [0, 0.1) is 10.4 Å². The van der Waals surface area contributed by atoms with Gasteiger partial charge in [-0.3, -0.25) is 0 Å². The summed E-state index contributed by atoms with van der Waals surface area (Å²) in [6, 6.07) is 0. The van der Waals surface area contributed by atoms with Gasteiger partial charge in [0.15, 0.2) is 0 Å². The Morgan fingerprint density at radius 1 is 0.556 bits per heavy atom. The number of hydrogen-bond acceptors (Lipinski definition) is 2. The second-order valence-corrected chi connectivity index (χ2v) is 4.98. The smallest absolute Gasteiger partial charge is 0.220 e. The summed E-state index contributed by atoms with van der Waals surface area (Å²) in [6.45, 7) is 5.03. The zero-order valence-corrected chi connectivity index (χ0v) is 12.2. The van der Waals surface area contributed by atoms with Crippen molar-refractivity contribution in [1.82, 2.24) is 0 Å². The Morgan fingerprint density at radius 3 is 1.22 bits per heavy atom. The average molecular weight is 258 g/mol. The zero-order valence-electron chi connectivity index (χ0n) is 12.2. The lowest BCUT2D eigenvalue weighted by molar-refractivity contribution is -0.970. The van der Waals surface area contributed by atoms with Crippen molar-refractivity contribution in [3.63, 3.8) is 0 Å². The van der Waals surface area contributed by atoms with E-state index in [9.17, 15) is 10.4 Å². The van der Waals surface area contributed by atoms with Crippen LogP contribution in [0.15, 0.2) is 0 Å². The van der Waals surface area contributed by atoms with Gasteiger partial charge in [-0.05, 0) is 12.8 Å². The molecule has 0 radical (unpaired) electrons. The van der Waals surface area contributed by atoms with E-state index in [-0.39, 0.29) is 0 Å². The molecule has 0 bridgehead atoms. The maximum atomic E-state index is 11.4. The highest BCUT2D eigenvalue weighted by Crippen LogP contribution is 2.04. The van der Waals surface area contributed by atoms with Gasteiger partial charge in [-0.15, -0.1) is 0 Å². The first-order valence-corrected chi connectivity index (χ1v) is 7.61. The van der Waals surface area contributed by atoms with Gasteiger partial charge in [0.05, 0.1) is 0 Å². The minimum absolute atomic E-state index is 0.349.